The van der Waals surface area contributed by atoms with Crippen molar-refractivity contribution in [2.24, 2.45) is 5.10 Å². The molecule has 0 saturated carbocycles. The maximum absolute atomic E-state index is 12.0. The molecule has 0 unspecified atom stereocenters. The van der Waals surface area contributed by atoms with Crippen molar-refractivity contribution in [3.63, 3.8) is 0 Å². The molecule has 27 heavy (non-hydrogen) atoms. The summed E-state index contributed by atoms with van der Waals surface area (Å²) in [4.78, 5) is 12.0. The van der Waals surface area contributed by atoms with Gasteiger partial charge in [-0.1, -0.05) is 53.5 Å². The number of carbonyl (C=O) groups is 1. The van der Waals surface area contributed by atoms with Crippen molar-refractivity contribution in [2.75, 3.05) is 0 Å². The average Bonchev–Trinajstić information content (AvgIpc) is 2.68. The van der Waals surface area contributed by atoms with E-state index >= 15 is 0 Å². The third kappa shape index (κ3) is 5.58. The topological polar surface area (TPSA) is 50.7 Å². The van der Waals surface area contributed by atoms with Crippen molar-refractivity contribution in [1.29, 1.82) is 0 Å². The minimum absolute atomic E-state index is 0.296. The van der Waals surface area contributed by atoms with Crippen molar-refractivity contribution in [1.82, 2.24) is 5.43 Å². The summed E-state index contributed by atoms with van der Waals surface area (Å²) in [6.45, 7) is 0.347. The van der Waals surface area contributed by atoms with Crippen LogP contribution in [0.3, 0.4) is 0 Å². The van der Waals surface area contributed by atoms with Gasteiger partial charge in [-0.3, -0.25) is 4.79 Å². The van der Waals surface area contributed by atoms with Crippen molar-refractivity contribution in [2.45, 2.75) is 6.61 Å². The molecule has 4 nitrogen and oxygen atoms in total. The number of amides is 1. The number of benzene rings is 3. The second kappa shape index (κ2) is 9.21. The number of ether oxygens (including phenoxy) is 1. The van der Waals surface area contributed by atoms with E-state index in [-0.39, 0.29) is 5.91 Å². The van der Waals surface area contributed by atoms with Gasteiger partial charge >= 0.3 is 0 Å². The number of carbonyl (C=O) groups excluding carboxylic acids is 1. The number of nitrogens with zero attached hydrogens (tertiary/aromatic N) is 1. The highest BCUT2D eigenvalue weighted by molar-refractivity contribution is 6.31. The molecule has 1 N–H and O–H groups in total. The van der Waals surface area contributed by atoms with Crippen LogP contribution in [-0.4, -0.2) is 12.1 Å². The molecular formula is C21H16Cl2N2O2. The van der Waals surface area contributed by atoms with Crippen molar-refractivity contribution in [3.05, 3.63) is 99.5 Å². The summed E-state index contributed by atoms with van der Waals surface area (Å²) >= 11 is 12.1. The van der Waals surface area contributed by atoms with Crippen molar-refractivity contribution in [3.8, 4) is 5.75 Å². The van der Waals surface area contributed by atoms with Gasteiger partial charge in [0.25, 0.3) is 5.91 Å². The predicted octanol–water partition coefficient (Wildman–Crippen LogP) is 5.34. The monoisotopic (exact) mass is 398 g/mol. The van der Waals surface area contributed by atoms with Gasteiger partial charge in [0.2, 0.25) is 0 Å². The predicted molar refractivity (Wildman–Crippen MR) is 109 cm³/mol. The first-order valence-corrected chi connectivity index (χ1v) is 8.92. The summed E-state index contributed by atoms with van der Waals surface area (Å²) in [6, 6.07) is 21.5. The lowest BCUT2D eigenvalue weighted by Gasteiger charge is -2.10. The smallest absolute Gasteiger partial charge is 0.271 e. The summed E-state index contributed by atoms with van der Waals surface area (Å²) < 4.78 is 5.85. The molecular weight excluding hydrogens is 383 g/mol. The van der Waals surface area contributed by atoms with E-state index in [1.54, 1.807) is 48.5 Å². The number of hydrogen-bond donors (Lipinski definition) is 1. The Labute approximate surface area is 167 Å². The largest absolute Gasteiger partial charge is 0.488 e. The highest BCUT2D eigenvalue weighted by Gasteiger charge is 2.06. The fraction of sp³-hybridized carbons (Fsp3) is 0.0476. The molecule has 0 aliphatic heterocycles. The molecule has 0 heterocycles. The van der Waals surface area contributed by atoms with Crippen LogP contribution >= 0.6 is 23.2 Å². The second-order valence-electron chi connectivity index (χ2n) is 5.67. The van der Waals surface area contributed by atoms with Crippen LogP contribution in [0.25, 0.3) is 0 Å². The molecule has 0 saturated heterocycles. The number of rotatable bonds is 6. The average molecular weight is 399 g/mol. The number of hydrazone groups is 1. The molecule has 0 fully saturated rings. The molecule has 0 aromatic heterocycles. The minimum atomic E-state index is -0.296. The van der Waals surface area contributed by atoms with E-state index in [2.05, 4.69) is 10.5 Å². The van der Waals surface area contributed by atoms with Gasteiger partial charge in [-0.05, 0) is 48.0 Å². The van der Waals surface area contributed by atoms with E-state index in [1.807, 2.05) is 24.3 Å². The van der Waals surface area contributed by atoms with Gasteiger partial charge in [-0.25, -0.2) is 5.43 Å². The summed E-state index contributed by atoms with van der Waals surface area (Å²) in [5.74, 6) is 0.298. The Kier molecular flexibility index (Phi) is 6.47. The number of hydrogen-bond acceptors (Lipinski definition) is 3. The van der Waals surface area contributed by atoms with Crippen LogP contribution in [0, 0.1) is 0 Å². The zero-order valence-electron chi connectivity index (χ0n) is 14.2. The summed E-state index contributed by atoms with van der Waals surface area (Å²) in [6.07, 6.45) is 1.50. The normalized spacial score (nSPS) is 10.7. The Hall–Kier alpha value is -2.82. The summed E-state index contributed by atoms with van der Waals surface area (Å²) in [5, 5.41) is 5.20. The Morgan fingerprint density at radius 3 is 2.52 bits per heavy atom. The maximum Gasteiger partial charge on any atom is 0.271 e. The first kappa shape index (κ1) is 19.0. The Balaban J connectivity index is 1.69. The quantitative estimate of drug-likeness (QED) is 0.450. The van der Waals surface area contributed by atoms with Crippen molar-refractivity contribution < 1.29 is 9.53 Å². The molecule has 136 valence electrons. The Morgan fingerprint density at radius 1 is 0.963 bits per heavy atom. The van der Waals surface area contributed by atoms with Gasteiger partial charge in [0.1, 0.15) is 12.4 Å². The molecule has 1 amide bonds. The van der Waals surface area contributed by atoms with Crippen LogP contribution in [0.1, 0.15) is 21.5 Å². The lowest BCUT2D eigenvalue weighted by Crippen LogP contribution is -2.17. The molecule has 0 aliphatic carbocycles. The number of nitrogens with one attached hydrogen (secondary N) is 1. The third-order valence-corrected chi connectivity index (χ3v) is 4.13. The van der Waals surface area contributed by atoms with Crippen LogP contribution in [0.4, 0.5) is 0 Å². The molecule has 3 aromatic carbocycles. The highest BCUT2D eigenvalue weighted by Crippen LogP contribution is 2.23. The zero-order chi connectivity index (χ0) is 19.1. The maximum atomic E-state index is 12.0. The number of halogens is 2. The van der Waals surface area contributed by atoms with Gasteiger partial charge in [0.15, 0.2) is 0 Å². The molecule has 0 spiro atoms. The summed E-state index contributed by atoms with van der Waals surface area (Å²) in [7, 11) is 0. The minimum Gasteiger partial charge on any atom is -0.488 e. The van der Waals surface area contributed by atoms with Crippen molar-refractivity contribution >= 4 is 35.3 Å². The molecule has 0 atom stereocenters. The standard InChI is InChI=1S/C21H16Cl2N2O2/c22-18-8-4-5-15(11-18)14-27-20-10-9-19(23)12-17(20)13-24-25-21(26)16-6-2-1-3-7-16/h1-13H,14H2,(H,25,26)/b24-13-. The molecule has 0 radical (unpaired) electrons. The Bertz CT molecular complexity index is 959. The van der Waals surface area contributed by atoms with Crippen LogP contribution in [0.15, 0.2) is 77.9 Å². The van der Waals surface area contributed by atoms with E-state index in [9.17, 15) is 4.79 Å². The van der Waals surface area contributed by atoms with Gasteiger partial charge in [0, 0.05) is 21.2 Å². The van der Waals surface area contributed by atoms with E-state index in [0.29, 0.717) is 33.5 Å². The molecule has 3 rings (SSSR count). The summed E-state index contributed by atoms with van der Waals surface area (Å²) in [5.41, 5.74) is 4.61. The second-order valence-corrected chi connectivity index (χ2v) is 6.54. The first-order chi connectivity index (χ1) is 13.1. The lowest BCUT2D eigenvalue weighted by atomic mass is 10.2. The van der Waals surface area contributed by atoms with Crippen LogP contribution < -0.4 is 10.2 Å². The van der Waals surface area contributed by atoms with Crippen LogP contribution in [0.5, 0.6) is 5.75 Å². The molecule has 3 aromatic rings. The van der Waals surface area contributed by atoms with Gasteiger partial charge in [-0.2, -0.15) is 5.10 Å². The van der Waals surface area contributed by atoms with Crippen LogP contribution in [0.2, 0.25) is 10.0 Å². The fourth-order valence-electron chi connectivity index (χ4n) is 2.35. The highest BCUT2D eigenvalue weighted by atomic mass is 35.5. The van der Waals surface area contributed by atoms with Crippen LogP contribution in [-0.2, 0) is 6.61 Å². The lowest BCUT2D eigenvalue weighted by molar-refractivity contribution is 0.0955. The van der Waals surface area contributed by atoms with E-state index in [4.69, 9.17) is 27.9 Å². The third-order valence-electron chi connectivity index (χ3n) is 3.66. The van der Waals surface area contributed by atoms with E-state index < -0.39 is 0 Å². The van der Waals surface area contributed by atoms with E-state index in [1.165, 1.54) is 6.21 Å². The van der Waals surface area contributed by atoms with Gasteiger partial charge < -0.3 is 4.74 Å². The van der Waals surface area contributed by atoms with E-state index in [0.717, 1.165) is 5.56 Å². The fourth-order valence-corrected chi connectivity index (χ4v) is 2.75. The SMILES string of the molecule is O=C(N/N=C\c1cc(Cl)ccc1OCc1cccc(Cl)c1)c1ccccc1. The first-order valence-electron chi connectivity index (χ1n) is 8.17. The zero-order valence-corrected chi connectivity index (χ0v) is 15.7. The Morgan fingerprint density at radius 2 is 1.74 bits per heavy atom. The van der Waals surface area contributed by atoms with Gasteiger partial charge in [0.05, 0.1) is 6.21 Å². The molecule has 6 heteroatoms. The molecule has 0 aliphatic rings. The molecule has 0 bridgehead atoms. The van der Waals surface area contributed by atoms with Gasteiger partial charge in [-0.15, -0.1) is 0 Å².